The predicted molar refractivity (Wildman–Crippen MR) is 52.8 cm³/mol. The third-order valence-electron chi connectivity index (χ3n) is 2.65. The number of hydrogen-bond acceptors (Lipinski definition) is 2. The minimum absolute atomic E-state index is 0.244. The van der Waals surface area contributed by atoms with Crippen molar-refractivity contribution in [2.45, 2.75) is 44.9 Å². The van der Waals surface area contributed by atoms with Crippen LogP contribution in [0.3, 0.4) is 0 Å². The quantitative estimate of drug-likeness (QED) is 0.745. The molecule has 0 aliphatic carbocycles. The second-order valence-corrected chi connectivity index (χ2v) is 4.27. The number of halogens is 1. The number of aromatic nitrogens is 2. The van der Waals surface area contributed by atoms with Gasteiger partial charge in [0.05, 0.1) is 18.3 Å². The van der Waals surface area contributed by atoms with Crippen molar-refractivity contribution in [2.75, 3.05) is 0 Å². The first-order valence-corrected chi connectivity index (χ1v) is 5.04. The van der Waals surface area contributed by atoms with E-state index < -0.39 is 6.17 Å². The zero-order valence-electron chi connectivity index (χ0n) is 8.57. The molecule has 2 N–H and O–H groups in total. The van der Waals surface area contributed by atoms with E-state index in [9.17, 15) is 4.39 Å². The highest BCUT2D eigenvalue weighted by atomic mass is 19.1. The molecule has 2 atom stereocenters. The summed E-state index contributed by atoms with van der Waals surface area (Å²) < 4.78 is 15.0. The van der Waals surface area contributed by atoms with Gasteiger partial charge in [-0.1, -0.05) is 13.8 Å². The van der Waals surface area contributed by atoms with Crippen molar-refractivity contribution in [3.05, 3.63) is 17.7 Å². The Morgan fingerprint density at radius 2 is 2.36 bits per heavy atom. The minimum atomic E-state index is -0.827. The van der Waals surface area contributed by atoms with E-state index in [1.165, 1.54) is 0 Å². The lowest BCUT2D eigenvalue weighted by Gasteiger charge is -2.22. The Bertz CT molecular complexity index is 332. The summed E-state index contributed by atoms with van der Waals surface area (Å²) in [4.78, 5) is 4.44. The molecule has 14 heavy (non-hydrogen) atoms. The van der Waals surface area contributed by atoms with E-state index in [0.29, 0.717) is 18.9 Å². The number of hydrogen-bond donors (Lipinski definition) is 1. The molecular formula is C10H16FN3. The van der Waals surface area contributed by atoms with Crippen molar-refractivity contribution in [3.8, 4) is 0 Å². The van der Waals surface area contributed by atoms with Gasteiger partial charge in [0.15, 0.2) is 0 Å². The second-order valence-electron chi connectivity index (χ2n) is 4.27. The van der Waals surface area contributed by atoms with Crippen LogP contribution in [0, 0.1) is 0 Å². The molecule has 1 aliphatic heterocycles. The summed E-state index contributed by atoms with van der Waals surface area (Å²) in [6.45, 7) is 4.56. The van der Waals surface area contributed by atoms with Crippen LogP contribution in [0.5, 0.6) is 0 Å². The number of alkyl halides is 1. The van der Waals surface area contributed by atoms with Crippen LogP contribution in [0.15, 0.2) is 6.20 Å². The maximum Gasteiger partial charge on any atom is 0.126 e. The molecule has 0 saturated heterocycles. The fraction of sp³-hybridized carbons (Fsp3) is 0.700. The van der Waals surface area contributed by atoms with Gasteiger partial charge < -0.3 is 10.3 Å². The van der Waals surface area contributed by atoms with E-state index in [4.69, 9.17) is 5.73 Å². The number of imidazole rings is 1. The topological polar surface area (TPSA) is 43.8 Å². The Balaban J connectivity index is 2.35. The van der Waals surface area contributed by atoms with Gasteiger partial charge in [0.1, 0.15) is 12.0 Å². The maximum atomic E-state index is 13.2. The number of nitrogens with two attached hydrogens (primary N) is 1. The SMILES string of the molecule is CC(C)c1cn2c(n1)C(N)CC(F)C2. The van der Waals surface area contributed by atoms with E-state index in [0.717, 1.165) is 11.5 Å². The Labute approximate surface area is 83.1 Å². The summed E-state index contributed by atoms with van der Waals surface area (Å²) in [5.74, 6) is 1.21. The Hall–Kier alpha value is -0.900. The molecule has 2 heterocycles. The van der Waals surface area contributed by atoms with E-state index in [1.54, 1.807) is 0 Å². The molecule has 0 amide bonds. The van der Waals surface area contributed by atoms with Crippen LogP contribution >= 0.6 is 0 Å². The van der Waals surface area contributed by atoms with Crippen LogP contribution in [-0.2, 0) is 6.54 Å². The lowest BCUT2D eigenvalue weighted by molar-refractivity contribution is 0.230. The van der Waals surface area contributed by atoms with Crippen LogP contribution in [0.2, 0.25) is 0 Å². The highest BCUT2D eigenvalue weighted by Gasteiger charge is 2.26. The zero-order valence-corrected chi connectivity index (χ0v) is 8.57. The number of fused-ring (bicyclic) bond motifs is 1. The molecule has 3 nitrogen and oxygen atoms in total. The van der Waals surface area contributed by atoms with Gasteiger partial charge in [-0.3, -0.25) is 0 Å². The molecule has 0 aromatic carbocycles. The summed E-state index contributed by atoms with van der Waals surface area (Å²) in [5, 5.41) is 0. The molecule has 1 aromatic heterocycles. The van der Waals surface area contributed by atoms with Crippen LogP contribution < -0.4 is 5.73 Å². The second kappa shape index (κ2) is 3.35. The lowest BCUT2D eigenvalue weighted by Crippen LogP contribution is -2.29. The normalized spacial score (nSPS) is 26.6. The van der Waals surface area contributed by atoms with Crippen molar-refractivity contribution in [2.24, 2.45) is 5.73 Å². The molecular weight excluding hydrogens is 181 g/mol. The van der Waals surface area contributed by atoms with Crippen molar-refractivity contribution >= 4 is 0 Å². The predicted octanol–water partition coefficient (Wildman–Crippen LogP) is 1.75. The van der Waals surface area contributed by atoms with Gasteiger partial charge in [0.2, 0.25) is 0 Å². The van der Waals surface area contributed by atoms with Gasteiger partial charge in [-0.25, -0.2) is 9.37 Å². The Morgan fingerprint density at radius 3 is 3.00 bits per heavy atom. The van der Waals surface area contributed by atoms with Crippen LogP contribution in [0.25, 0.3) is 0 Å². The summed E-state index contributed by atoms with van der Waals surface area (Å²) in [6, 6.07) is -0.244. The first-order valence-electron chi connectivity index (χ1n) is 5.04. The standard InChI is InChI=1S/C10H16FN3/c1-6(2)9-5-14-4-7(11)3-8(12)10(14)13-9/h5-8H,3-4,12H2,1-2H3. The van der Waals surface area contributed by atoms with E-state index in [1.807, 2.05) is 10.8 Å². The third kappa shape index (κ3) is 1.54. The van der Waals surface area contributed by atoms with Crippen molar-refractivity contribution in [1.82, 2.24) is 9.55 Å². The summed E-state index contributed by atoms with van der Waals surface area (Å²) in [7, 11) is 0. The van der Waals surface area contributed by atoms with Gasteiger partial charge in [-0.15, -0.1) is 0 Å². The average molecular weight is 197 g/mol. The van der Waals surface area contributed by atoms with E-state index in [2.05, 4.69) is 18.8 Å². The van der Waals surface area contributed by atoms with Crippen LogP contribution in [0.4, 0.5) is 4.39 Å². The van der Waals surface area contributed by atoms with E-state index in [-0.39, 0.29) is 6.04 Å². The van der Waals surface area contributed by atoms with Gasteiger partial charge >= 0.3 is 0 Å². The molecule has 4 heteroatoms. The smallest absolute Gasteiger partial charge is 0.126 e. The van der Waals surface area contributed by atoms with Crippen LogP contribution in [-0.4, -0.2) is 15.7 Å². The third-order valence-corrected chi connectivity index (χ3v) is 2.65. The molecule has 1 aliphatic rings. The van der Waals surface area contributed by atoms with Gasteiger partial charge in [0, 0.05) is 12.6 Å². The Morgan fingerprint density at radius 1 is 1.64 bits per heavy atom. The summed E-state index contributed by atoms with van der Waals surface area (Å²) >= 11 is 0. The minimum Gasteiger partial charge on any atom is -0.330 e. The van der Waals surface area contributed by atoms with Gasteiger partial charge in [-0.2, -0.15) is 0 Å². The van der Waals surface area contributed by atoms with Crippen LogP contribution in [0.1, 0.15) is 43.7 Å². The summed E-state index contributed by atoms with van der Waals surface area (Å²) in [6.07, 6.45) is 1.49. The Kier molecular flexibility index (Phi) is 2.31. The summed E-state index contributed by atoms with van der Waals surface area (Å²) in [5.41, 5.74) is 6.83. The molecule has 0 bridgehead atoms. The fourth-order valence-electron chi connectivity index (χ4n) is 1.84. The lowest BCUT2D eigenvalue weighted by atomic mass is 10.1. The molecule has 0 radical (unpaired) electrons. The number of rotatable bonds is 1. The van der Waals surface area contributed by atoms with Gasteiger partial charge in [-0.05, 0) is 5.92 Å². The fourth-order valence-corrected chi connectivity index (χ4v) is 1.84. The largest absolute Gasteiger partial charge is 0.330 e. The first kappa shape index (κ1) is 9.65. The maximum absolute atomic E-state index is 13.2. The van der Waals surface area contributed by atoms with Crippen molar-refractivity contribution in [1.29, 1.82) is 0 Å². The van der Waals surface area contributed by atoms with Gasteiger partial charge in [0.25, 0.3) is 0 Å². The number of nitrogens with zero attached hydrogens (tertiary/aromatic N) is 2. The van der Waals surface area contributed by atoms with E-state index >= 15 is 0 Å². The molecule has 2 rings (SSSR count). The molecule has 0 spiro atoms. The zero-order chi connectivity index (χ0) is 10.3. The average Bonchev–Trinajstić information content (AvgIpc) is 2.47. The molecule has 0 saturated carbocycles. The molecule has 2 unspecified atom stereocenters. The van der Waals surface area contributed by atoms with Crippen molar-refractivity contribution in [3.63, 3.8) is 0 Å². The molecule has 1 aromatic rings. The highest BCUT2D eigenvalue weighted by molar-refractivity contribution is 5.13. The highest BCUT2D eigenvalue weighted by Crippen LogP contribution is 2.26. The monoisotopic (exact) mass is 197 g/mol. The molecule has 78 valence electrons. The molecule has 0 fully saturated rings. The first-order chi connectivity index (χ1) is 6.58. The van der Waals surface area contributed by atoms with Crippen molar-refractivity contribution < 1.29 is 4.39 Å².